The summed E-state index contributed by atoms with van der Waals surface area (Å²) >= 11 is 1.85. The van der Waals surface area contributed by atoms with Gasteiger partial charge < -0.3 is 9.97 Å². The molecule has 0 bridgehead atoms. The van der Waals surface area contributed by atoms with Crippen LogP contribution in [0.3, 0.4) is 0 Å². The molecule has 1 radical (unpaired) electrons. The first-order valence-corrected chi connectivity index (χ1v) is 21.9. The maximum atomic E-state index is 4.76. The van der Waals surface area contributed by atoms with Crippen molar-refractivity contribution in [3.05, 3.63) is 163 Å². The Balaban J connectivity index is 0.000000200. The molecule has 0 amide bonds. The summed E-state index contributed by atoms with van der Waals surface area (Å²) in [7, 11) is -1.34. The molecule has 2 nitrogen and oxygen atoms in total. The van der Waals surface area contributed by atoms with Gasteiger partial charge in [-0.3, -0.25) is 0 Å². The minimum Gasteiger partial charge on any atom is -0.305 e. The molecule has 0 aliphatic rings. The smallest absolute Gasteiger partial charge is 0.0799 e. The van der Waals surface area contributed by atoms with E-state index in [0.717, 1.165) is 28.1 Å². The molecule has 8 aromatic rings. The number of hydrogen-bond acceptors (Lipinski definition) is 3. The molecule has 0 spiro atoms. The van der Waals surface area contributed by atoms with Gasteiger partial charge in [-0.1, -0.05) is 135 Å². The van der Waals surface area contributed by atoms with E-state index in [1.165, 1.54) is 53.2 Å². The Kier molecular flexibility index (Phi) is 11.5. The molecule has 0 atom stereocenters. The average molecular weight is 887 g/mol. The van der Waals surface area contributed by atoms with Gasteiger partial charge >= 0.3 is 0 Å². The molecule has 5 heteroatoms. The van der Waals surface area contributed by atoms with Crippen LogP contribution in [-0.2, 0) is 20.1 Å². The van der Waals surface area contributed by atoms with Gasteiger partial charge in [-0.05, 0) is 67.3 Å². The number of aryl methyl sites for hydroxylation is 1. The van der Waals surface area contributed by atoms with Crippen LogP contribution < -0.4 is 5.19 Å². The summed E-state index contributed by atoms with van der Waals surface area (Å²) in [6, 6.07) is 51.1. The van der Waals surface area contributed by atoms with E-state index in [1.54, 1.807) is 0 Å². The Morgan fingerprint density at radius 1 is 0.654 bits per heavy atom. The zero-order chi connectivity index (χ0) is 35.5. The Hall–Kier alpha value is -4.51. The summed E-state index contributed by atoms with van der Waals surface area (Å²) in [6.07, 6.45) is 4.05. The van der Waals surface area contributed by atoms with Gasteiger partial charge in [0.25, 0.3) is 0 Å². The monoisotopic (exact) mass is 887 g/mol. The van der Waals surface area contributed by atoms with Crippen molar-refractivity contribution in [2.24, 2.45) is 0 Å². The van der Waals surface area contributed by atoms with E-state index in [0.29, 0.717) is 5.92 Å². The predicted octanol–water partition coefficient (Wildman–Crippen LogP) is 12.8. The summed E-state index contributed by atoms with van der Waals surface area (Å²) < 4.78 is 2.60. The normalized spacial score (nSPS) is 11.3. The number of aromatic nitrogens is 2. The van der Waals surface area contributed by atoms with Crippen molar-refractivity contribution >= 4 is 44.8 Å². The zero-order valence-corrected chi connectivity index (χ0v) is 34.7. The van der Waals surface area contributed by atoms with Crippen molar-refractivity contribution in [1.82, 2.24) is 9.97 Å². The number of thiophene rings is 1. The molecule has 0 saturated carbocycles. The fraction of sp³-hybridized carbons (Fsp3) is 0.149. The predicted molar refractivity (Wildman–Crippen MR) is 223 cm³/mol. The number of hydrogen-bond donors (Lipinski definition) is 0. The van der Waals surface area contributed by atoms with Crippen LogP contribution in [0.2, 0.25) is 19.6 Å². The van der Waals surface area contributed by atoms with E-state index in [-0.39, 0.29) is 20.1 Å². The maximum absolute atomic E-state index is 4.76. The third kappa shape index (κ3) is 7.94. The SMILES string of the molecule is CC(C)c1cc(-c2[c-]cccc2)ncc1[Si](C)(C)C.Cc1ccc(-c2ccccc2)c2sc3c[c-]c(-c4ccc(-c5ccccc5)cn4)cc3c12.[Ir]. The average Bonchev–Trinajstić information content (AvgIpc) is 3.55. The van der Waals surface area contributed by atoms with Gasteiger partial charge in [-0.2, -0.15) is 11.3 Å². The van der Waals surface area contributed by atoms with Crippen molar-refractivity contribution in [2.75, 3.05) is 0 Å². The van der Waals surface area contributed by atoms with Crippen molar-refractivity contribution in [3.63, 3.8) is 0 Å². The summed E-state index contributed by atoms with van der Waals surface area (Å²) in [6.45, 7) is 13.9. The van der Waals surface area contributed by atoms with Crippen molar-refractivity contribution in [1.29, 1.82) is 0 Å². The second kappa shape index (κ2) is 16.0. The second-order valence-corrected chi connectivity index (χ2v) is 20.5. The van der Waals surface area contributed by atoms with Gasteiger partial charge in [0.15, 0.2) is 0 Å². The Labute approximate surface area is 327 Å². The minimum atomic E-state index is -1.34. The van der Waals surface area contributed by atoms with Gasteiger partial charge in [0.1, 0.15) is 0 Å². The number of rotatable bonds is 6. The molecular formula is C47H42IrN2SSi-2. The van der Waals surface area contributed by atoms with E-state index in [2.05, 4.69) is 167 Å². The quantitative estimate of drug-likeness (QED) is 0.123. The summed E-state index contributed by atoms with van der Waals surface area (Å²) in [4.78, 5) is 9.42. The zero-order valence-electron chi connectivity index (χ0n) is 30.5. The first-order chi connectivity index (χ1) is 24.7. The summed E-state index contributed by atoms with van der Waals surface area (Å²) in [5, 5.41) is 4.09. The fourth-order valence-electron chi connectivity index (χ4n) is 6.61. The molecule has 5 aromatic carbocycles. The van der Waals surface area contributed by atoms with Crippen LogP contribution in [0, 0.1) is 19.1 Å². The van der Waals surface area contributed by atoms with Gasteiger partial charge in [0, 0.05) is 37.2 Å². The third-order valence-corrected chi connectivity index (χ3v) is 12.6. The number of fused-ring (bicyclic) bond motifs is 3. The molecule has 52 heavy (non-hydrogen) atoms. The minimum absolute atomic E-state index is 0. The standard InChI is InChI=1S/C30H20NS.C17H22NSi.Ir/c1-20-12-15-25(22-10-6-3-7-11-22)30-29(20)26-18-23(14-17-28(26)32-30)27-16-13-24(19-31-27)21-8-4-2-5-9-21;1-13(2)15-11-16(14-9-7-6-8-10-14)18-12-17(15)19(3,4)5;/h2-13,15-19H,1H3;6-9,11-13H,1-5H3;/q2*-1;. The van der Waals surface area contributed by atoms with Crippen LogP contribution in [0.25, 0.3) is 64.9 Å². The van der Waals surface area contributed by atoms with E-state index in [9.17, 15) is 0 Å². The van der Waals surface area contributed by atoms with Crippen LogP contribution in [0.15, 0.2) is 140 Å². The molecule has 0 fully saturated rings. The Bertz CT molecular complexity index is 2420. The first kappa shape index (κ1) is 37.2. The molecule has 0 saturated heterocycles. The number of benzene rings is 5. The van der Waals surface area contributed by atoms with Gasteiger partial charge in [-0.25, -0.2) is 0 Å². The molecular weight excluding hydrogens is 845 g/mol. The number of pyridine rings is 2. The van der Waals surface area contributed by atoms with Crippen LogP contribution in [-0.4, -0.2) is 18.0 Å². The number of nitrogens with zero attached hydrogens (tertiary/aromatic N) is 2. The van der Waals surface area contributed by atoms with Crippen LogP contribution in [0.5, 0.6) is 0 Å². The van der Waals surface area contributed by atoms with Crippen molar-refractivity contribution < 1.29 is 20.1 Å². The molecule has 0 N–H and O–H groups in total. The van der Waals surface area contributed by atoms with Crippen molar-refractivity contribution in [3.8, 4) is 44.8 Å². The maximum Gasteiger partial charge on any atom is 0.0799 e. The van der Waals surface area contributed by atoms with Gasteiger partial charge in [-0.15, -0.1) is 59.7 Å². The molecule has 3 aromatic heterocycles. The Morgan fingerprint density at radius 3 is 1.98 bits per heavy atom. The molecule has 3 heterocycles. The molecule has 0 aliphatic carbocycles. The Morgan fingerprint density at radius 2 is 1.35 bits per heavy atom. The summed E-state index contributed by atoms with van der Waals surface area (Å²) in [5.41, 5.74) is 11.7. The third-order valence-electron chi connectivity index (χ3n) is 9.34. The molecule has 0 aliphatic heterocycles. The van der Waals surface area contributed by atoms with Crippen LogP contribution in [0.1, 0.15) is 30.9 Å². The molecule has 8 rings (SSSR count). The van der Waals surface area contributed by atoms with E-state index in [4.69, 9.17) is 4.98 Å². The van der Waals surface area contributed by atoms with Crippen LogP contribution in [0.4, 0.5) is 0 Å². The van der Waals surface area contributed by atoms with E-state index < -0.39 is 8.07 Å². The van der Waals surface area contributed by atoms with E-state index in [1.807, 2.05) is 41.8 Å². The van der Waals surface area contributed by atoms with Gasteiger partial charge in [0.2, 0.25) is 0 Å². The second-order valence-electron chi connectivity index (χ2n) is 14.4. The summed E-state index contributed by atoms with van der Waals surface area (Å²) in [5.74, 6) is 0.534. The van der Waals surface area contributed by atoms with Crippen LogP contribution >= 0.6 is 11.3 Å². The largest absolute Gasteiger partial charge is 0.305 e. The molecule has 261 valence electrons. The van der Waals surface area contributed by atoms with Crippen molar-refractivity contribution in [2.45, 2.75) is 46.3 Å². The first-order valence-electron chi connectivity index (χ1n) is 17.6. The fourth-order valence-corrected chi connectivity index (χ4v) is 9.57. The topological polar surface area (TPSA) is 25.8 Å². The van der Waals surface area contributed by atoms with E-state index >= 15 is 0 Å². The molecule has 0 unspecified atom stereocenters. The van der Waals surface area contributed by atoms with Gasteiger partial charge in [0.05, 0.1) is 8.07 Å².